The Morgan fingerprint density at radius 3 is 2.22 bits per heavy atom. The Morgan fingerprint density at radius 2 is 1.61 bits per heavy atom. The summed E-state index contributed by atoms with van der Waals surface area (Å²) in [4.78, 5) is 0. The lowest BCUT2D eigenvalue weighted by Crippen LogP contribution is -1.86. The van der Waals surface area contributed by atoms with Crippen molar-refractivity contribution in [2.45, 2.75) is 6.92 Å². The highest BCUT2D eigenvalue weighted by Gasteiger charge is 1.96. The summed E-state index contributed by atoms with van der Waals surface area (Å²) in [7, 11) is 0. The van der Waals surface area contributed by atoms with Gasteiger partial charge in [-0.1, -0.05) is 0 Å². The lowest BCUT2D eigenvalue weighted by Gasteiger charge is -1.99. The zero-order chi connectivity index (χ0) is 13.0. The van der Waals surface area contributed by atoms with E-state index in [4.69, 9.17) is 11.0 Å². The molecule has 18 heavy (non-hydrogen) atoms. The Kier molecular flexibility index (Phi) is 3.35. The Balaban J connectivity index is 2.19. The molecule has 0 fully saturated rings. The van der Waals surface area contributed by atoms with Gasteiger partial charge in [-0.3, -0.25) is 0 Å². The molecule has 0 bridgehead atoms. The lowest BCUT2D eigenvalue weighted by molar-refractivity contribution is 1.22. The third-order valence-corrected chi connectivity index (χ3v) is 2.53. The molecular weight excluding hydrogens is 224 g/mol. The van der Waals surface area contributed by atoms with E-state index in [2.05, 4.69) is 16.3 Å². The molecule has 2 aromatic rings. The molecule has 0 aromatic heterocycles. The molecule has 4 heteroatoms. The fraction of sp³-hybridized carbons (Fsp3) is 0.0714. The van der Waals surface area contributed by atoms with Crippen molar-refractivity contribution in [3.8, 4) is 6.07 Å². The minimum atomic E-state index is 0.609. The van der Waals surface area contributed by atoms with Gasteiger partial charge in [0.05, 0.1) is 23.0 Å². The fourth-order valence-corrected chi connectivity index (χ4v) is 1.44. The van der Waals surface area contributed by atoms with E-state index in [9.17, 15) is 0 Å². The summed E-state index contributed by atoms with van der Waals surface area (Å²) in [6, 6.07) is 14.5. The lowest BCUT2D eigenvalue weighted by atomic mass is 10.2. The van der Waals surface area contributed by atoms with Gasteiger partial charge in [-0.15, -0.1) is 0 Å². The first-order valence-electron chi connectivity index (χ1n) is 5.47. The zero-order valence-corrected chi connectivity index (χ0v) is 9.96. The number of azo groups is 1. The van der Waals surface area contributed by atoms with Crippen LogP contribution in [0.3, 0.4) is 0 Å². The summed E-state index contributed by atoms with van der Waals surface area (Å²) in [6.45, 7) is 1.93. The van der Waals surface area contributed by atoms with E-state index >= 15 is 0 Å². The van der Waals surface area contributed by atoms with Crippen LogP contribution in [-0.2, 0) is 0 Å². The fourth-order valence-electron chi connectivity index (χ4n) is 1.44. The van der Waals surface area contributed by atoms with E-state index in [1.165, 1.54) is 0 Å². The first-order valence-corrected chi connectivity index (χ1v) is 5.47. The number of anilines is 1. The van der Waals surface area contributed by atoms with E-state index in [-0.39, 0.29) is 0 Å². The number of nitrogens with zero attached hydrogens (tertiary/aromatic N) is 3. The average Bonchev–Trinajstić information content (AvgIpc) is 2.41. The number of rotatable bonds is 2. The van der Waals surface area contributed by atoms with Crippen molar-refractivity contribution in [3.63, 3.8) is 0 Å². The number of hydrogen-bond acceptors (Lipinski definition) is 4. The van der Waals surface area contributed by atoms with Gasteiger partial charge in [0.15, 0.2) is 0 Å². The van der Waals surface area contributed by atoms with Crippen molar-refractivity contribution in [1.29, 1.82) is 5.26 Å². The second-order valence-electron chi connectivity index (χ2n) is 3.90. The van der Waals surface area contributed by atoms with Gasteiger partial charge in [-0.2, -0.15) is 15.5 Å². The number of hydrogen-bond donors (Lipinski definition) is 1. The van der Waals surface area contributed by atoms with Crippen molar-refractivity contribution in [1.82, 2.24) is 0 Å². The van der Waals surface area contributed by atoms with Crippen molar-refractivity contribution < 1.29 is 0 Å². The summed E-state index contributed by atoms with van der Waals surface area (Å²) in [5.41, 5.74) is 9.52. The van der Waals surface area contributed by atoms with Gasteiger partial charge in [-0.25, -0.2) is 0 Å². The molecule has 0 heterocycles. The zero-order valence-electron chi connectivity index (χ0n) is 9.96. The van der Waals surface area contributed by atoms with E-state index < -0.39 is 0 Å². The van der Waals surface area contributed by atoms with Gasteiger partial charge in [0.25, 0.3) is 0 Å². The van der Waals surface area contributed by atoms with E-state index in [0.29, 0.717) is 11.3 Å². The molecule has 0 saturated carbocycles. The molecule has 88 valence electrons. The van der Waals surface area contributed by atoms with Gasteiger partial charge in [0.1, 0.15) is 0 Å². The molecular formula is C14H12N4. The molecule has 0 unspecified atom stereocenters. The molecule has 0 atom stereocenters. The van der Waals surface area contributed by atoms with Gasteiger partial charge < -0.3 is 5.73 Å². The summed E-state index contributed by atoms with van der Waals surface area (Å²) < 4.78 is 0. The molecule has 0 radical (unpaired) electrons. The average molecular weight is 236 g/mol. The van der Waals surface area contributed by atoms with Crippen molar-refractivity contribution >= 4 is 17.1 Å². The van der Waals surface area contributed by atoms with Crippen LogP contribution in [0.25, 0.3) is 0 Å². The standard InChI is InChI=1S/C14H12N4/c1-10-8-13(6-7-14(10)16)18-17-12-4-2-11(9-15)3-5-12/h2-8H,16H2,1H3. The molecule has 0 saturated heterocycles. The highest BCUT2D eigenvalue weighted by atomic mass is 15.1. The third kappa shape index (κ3) is 2.71. The first-order chi connectivity index (χ1) is 8.69. The van der Waals surface area contributed by atoms with Crippen LogP contribution in [0.1, 0.15) is 11.1 Å². The predicted molar refractivity (Wildman–Crippen MR) is 70.9 cm³/mol. The normalized spacial score (nSPS) is 10.4. The minimum Gasteiger partial charge on any atom is -0.399 e. The van der Waals surface area contributed by atoms with Crippen LogP contribution >= 0.6 is 0 Å². The highest BCUT2D eigenvalue weighted by molar-refractivity contribution is 5.54. The summed E-state index contributed by atoms with van der Waals surface area (Å²) in [6.07, 6.45) is 0. The monoisotopic (exact) mass is 236 g/mol. The van der Waals surface area contributed by atoms with Crippen molar-refractivity contribution in [2.75, 3.05) is 5.73 Å². The molecule has 2 N–H and O–H groups in total. The number of benzene rings is 2. The Bertz CT molecular complexity index is 621. The maximum Gasteiger partial charge on any atom is 0.0991 e. The van der Waals surface area contributed by atoms with Crippen LogP contribution in [-0.4, -0.2) is 0 Å². The van der Waals surface area contributed by atoms with E-state index in [1.54, 1.807) is 24.3 Å². The summed E-state index contributed by atoms with van der Waals surface area (Å²) in [5.74, 6) is 0. The van der Waals surface area contributed by atoms with Crippen LogP contribution in [0.4, 0.5) is 17.1 Å². The maximum absolute atomic E-state index is 8.68. The smallest absolute Gasteiger partial charge is 0.0991 e. The molecule has 4 nitrogen and oxygen atoms in total. The molecule has 2 rings (SSSR count). The second kappa shape index (κ2) is 5.11. The van der Waals surface area contributed by atoms with Crippen molar-refractivity contribution in [2.24, 2.45) is 10.2 Å². The third-order valence-electron chi connectivity index (χ3n) is 2.53. The number of nitrogen functional groups attached to an aromatic ring is 1. The van der Waals surface area contributed by atoms with Crippen LogP contribution in [0.15, 0.2) is 52.7 Å². The largest absolute Gasteiger partial charge is 0.399 e. The summed E-state index contributed by atoms with van der Waals surface area (Å²) in [5, 5.41) is 16.9. The van der Waals surface area contributed by atoms with Crippen LogP contribution in [0.2, 0.25) is 0 Å². The van der Waals surface area contributed by atoms with E-state index in [1.807, 2.05) is 25.1 Å². The van der Waals surface area contributed by atoms with Crippen molar-refractivity contribution in [3.05, 3.63) is 53.6 Å². The molecule has 2 aromatic carbocycles. The Morgan fingerprint density at radius 1 is 1.00 bits per heavy atom. The van der Waals surface area contributed by atoms with Gasteiger partial charge in [0.2, 0.25) is 0 Å². The second-order valence-corrected chi connectivity index (χ2v) is 3.90. The van der Waals surface area contributed by atoms with Crippen LogP contribution in [0, 0.1) is 18.3 Å². The topological polar surface area (TPSA) is 74.5 Å². The Labute approximate surface area is 105 Å². The molecule has 0 spiro atoms. The number of nitriles is 1. The van der Waals surface area contributed by atoms with Crippen LogP contribution < -0.4 is 5.73 Å². The SMILES string of the molecule is Cc1cc(N=Nc2ccc(C#N)cc2)ccc1N. The minimum absolute atomic E-state index is 0.609. The van der Waals surface area contributed by atoms with Gasteiger partial charge in [0, 0.05) is 5.69 Å². The molecule has 0 aliphatic heterocycles. The molecule has 0 aliphatic rings. The summed E-state index contributed by atoms with van der Waals surface area (Å²) >= 11 is 0. The first kappa shape index (κ1) is 11.8. The molecule has 0 aliphatic carbocycles. The van der Waals surface area contributed by atoms with Crippen LogP contribution in [0.5, 0.6) is 0 Å². The number of aryl methyl sites for hydroxylation is 1. The molecule has 0 amide bonds. The number of nitrogens with two attached hydrogens (primary N) is 1. The van der Waals surface area contributed by atoms with E-state index in [0.717, 1.165) is 16.9 Å². The quantitative estimate of drug-likeness (QED) is 0.634. The maximum atomic E-state index is 8.68. The highest BCUT2D eigenvalue weighted by Crippen LogP contribution is 2.22. The van der Waals surface area contributed by atoms with Gasteiger partial charge >= 0.3 is 0 Å². The Hall–Kier alpha value is -2.67. The van der Waals surface area contributed by atoms with Gasteiger partial charge in [-0.05, 0) is 55.0 Å². The predicted octanol–water partition coefficient (Wildman–Crippen LogP) is 3.86.